The molecule has 0 saturated carbocycles. The van der Waals surface area contributed by atoms with Crippen molar-refractivity contribution in [3.63, 3.8) is 0 Å². The van der Waals surface area contributed by atoms with Crippen molar-refractivity contribution in [2.24, 2.45) is 0 Å². The van der Waals surface area contributed by atoms with Crippen LogP contribution in [0.25, 0.3) is 0 Å². The summed E-state index contributed by atoms with van der Waals surface area (Å²) >= 11 is 0. The molecule has 0 aliphatic heterocycles. The predicted molar refractivity (Wildman–Crippen MR) is 111 cm³/mol. The van der Waals surface area contributed by atoms with Crippen LogP contribution >= 0.6 is 0 Å². The molecule has 0 spiro atoms. The number of benzene rings is 1. The molecule has 0 radical (unpaired) electrons. The Morgan fingerprint density at radius 2 is 1.54 bits per heavy atom. The molecule has 0 atom stereocenters. The lowest BCUT2D eigenvalue weighted by atomic mass is 10.1. The zero-order valence-corrected chi connectivity index (χ0v) is 15.9. The molecule has 0 aliphatic rings. The van der Waals surface area contributed by atoms with E-state index in [1.807, 2.05) is 50.2 Å². The predicted octanol–water partition coefficient (Wildman–Crippen LogP) is 3.47. The Kier molecular flexibility index (Phi) is 6.35. The van der Waals surface area contributed by atoms with Crippen LogP contribution < -0.4 is 21.3 Å². The Bertz CT molecular complexity index is 893. The van der Waals surface area contributed by atoms with Crippen LogP contribution in [0.1, 0.15) is 11.1 Å². The van der Waals surface area contributed by atoms with E-state index in [0.29, 0.717) is 24.7 Å². The van der Waals surface area contributed by atoms with Gasteiger partial charge in [0.15, 0.2) is 5.82 Å². The molecule has 0 fully saturated rings. The standard InChI is InChI=1S/C20H23N7O/c1-14-11-15(2)13-17(12-14)25-20(28)23-10-9-22-18-3-4-19(27-26-18)24-16-5-7-21-8-6-16/h3-8,11-13H,9-10H2,1-2H3,(H,22,26)(H,21,24,27)(H2,23,25,28). The third kappa shape index (κ3) is 5.94. The summed E-state index contributed by atoms with van der Waals surface area (Å²) in [7, 11) is 0. The minimum absolute atomic E-state index is 0.241. The molecule has 0 bridgehead atoms. The van der Waals surface area contributed by atoms with E-state index in [2.05, 4.69) is 42.5 Å². The Hall–Kier alpha value is -3.68. The highest BCUT2D eigenvalue weighted by Gasteiger charge is 2.03. The number of amides is 2. The van der Waals surface area contributed by atoms with Crippen molar-refractivity contribution in [1.29, 1.82) is 0 Å². The van der Waals surface area contributed by atoms with E-state index in [4.69, 9.17) is 0 Å². The summed E-state index contributed by atoms with van der Waals surface area (Å²) in [5.41, 5.74) is 3.89. The Labute approximate surface area is 163 Å². The molecular formula is C20H23N7O. The lowest BCUT2D eigenvalue weighted by Gasteiger charge is -2.10. The molecule has 0 unspecified atom stereocenters. The van der Waals surface area contributed by atoms with Gasteiger partial charge in [0.05, 0.1) is 0 Å². The van der Waals surface area contributed by atoms with Crippen LogP contribution in [0, 0.1) is 13.8 Å². The third-order valence-corrected chi connectivity index (χ3v) is 3.81. The van der Waals surface area contributed by atoms with Gasteiger partial charge in [-0.05, 0) is 61.4 Å². The molecule has 2 amide bonds. The second kappa shape index (κ2) is 9.31. The monoisotopic (exact) mass is 377 g/mol. The van der Waals surface area contributed by atoms with Gasteiger partial charge in [-0.25, -0.2) is 4.79 Å². The third-order valence-electron chi connectivity index (χ3n) is 3.81. The van der Waals surface area contributed by atoms with E-state index in [0.717, 1.165) is 22.5 Å². The van der Waals surface area contributed by atoms with E-state index in [-0.39, 0.29) is 6.03 Å². The fraction of sp³-hybridized carbons (Fsp3) is 0.200. The van der Waals surface area contributed by atoms with Crippen molar-refractivity contribution >= 4 is 29.0 Å². The summed E-state index contributed by atoms with van der Waals surface area (Å²) in [6, 6.07) is 13.0. The lowest BCUT2D eigenvalue weighted by molar-refractivity contribution is 0.252. The second-order valence-electron chi connectivity index (χ2n) is 6.35. The molecule has 0 aliphatic carbocycles. The molecule has 3 rings (SSSR count). The highest BCUT2D eigenvalue weighted by molar-refractivity contribution is 5.89. The summed E-state index contributed by atoms with van der Waals surface area (Å²) in [6.07, 6.45) is 3.41. The highest BCUT2D eigenvalue weighted by Crippen LogP contribution is 2.14. The largest absolute Gasteiger partial charge is 0.367 e. The molecule has 2 heterocycles. The number of hydrogen-bond donors (Lipinski definition) is 4. The van der Waals surface area contributed by atoms with Crippen LogP contribution in [0.4, 0.5) is 27.8 Å². The van der Waals surface area contributed by atoms with Crippen LogP contribution in [0.3, 0.4) is 0 Å². The molecular weight excluding hydrogens is 354 g/mol. The highest BCUT2D eigenvalue weighted by atomic mass is 16.2. The van der Waals surface area contributed by atoms with Gasteiger partial charge in [0.25, 0.3) is 0 Å². The summed E-state index contributed by atoms with van der Waals surface area (Å²) in [4.78, 5) is 15.9. The van der Waals surface area contributed by atoms with Gasteiger partial charge in [-0.1, -0.05) is 6.07 Å². The van der Waals surface area contributed by atoms with Crippen molar-refractivity contribution in [1.82, 2.24) is 20.5 Å². The smallest absolute Gasteiger partial charge is 0.319 e. The van der Waals surface area contributed by atoms with Gasteiger partial charge in [-0.15, -0.1) is 10.2 Å². The minimum Gasteiger partial charge on any atom is -0.367 e. The van der Waals surface area contributed by atoms with E-state index < -0.39 is 0 Å². The Morgan fingerprint density at radius 1 is 0.857 bits per heavy atom. The van der Waals surface area contributed by atoms with Gasteiger partial charge in [-0.2, -0.15) is 0 Å². The SMILES string of the molecule is Cc1cc(C)cc(NC(=O)NCCNc2ccc(Nc3ccncc3)nn2)c1. The number of rotatable bonds is 7. The van der Waals surface area contributed by atoms with Crippen molar-refractivity contribution < 1.29 is 4.79 Å². The number of pyridine rings is 1. The van der Waals surface area contributed by atoms with E-state index in [9.17, 15) is 4.79 Å². The summed E-state index contributed by atoms with van der Waals surface area (Å²) in [5, 5.41) is 20.1. The van der Waals surface area contributed by atoms with E-state index in [1.54, 1.807) is 12.4 Å². The number of urea groups is 1. The average Bonchev–Trinajstić information content (AvgIpc) is 2.66. The minimum atomic E-state index is -0.241. The van der Waals surface area contributed by atoms with Gasteiger partial charge in [0, 0.05) is 36.9 Å². The van der Waals surface area contributed by atoms with Gasteiger partial charge in [0.2, 0.25) is 0 Å². The molecule has 3 aromatic rings. The average molecular weight is 377 g/mol. The zero-order chi connectivity index (χ0) is 19.8. The topological polar surface area (TPSA) is 104 Å². The normalized spacial score (nSPS) is 10.2. The number of nitrogens with one attached hydrogen (secondary N) is 4. The first-order chi connectivity index (χ1) is 13.6. The number of aryl methyl sites for hydroxylation is 2. The van der Waals surface area contributed by atoms with Gasteiger partial charge in [0.1, 0.15) is 5.82 Å². The number of carbonyl (C=O) groups is 1. The first-order valence-electron chi connectivity index (χ1n) is 8.96. The Balaban J connectivity index is 1.39. The summed E-state index contributed by atoms with van der Waals surface area (Å²) in [6.45, 7) is 4.99. The first kappa shape index (κ1) is 19.1. The maximum Gasteiger partial charge on any atom is 0.319 e. The number of nitrogens with zero attached hydrogens (tertiary/aromatic N) is 3. The fourth-order valence-electron chi connectivity index (χ4n) is 2.67. The Morgan fingerprint density at radius 3 is 2.21 bits per heavy atom. The number of aromatic nitrogens is 3. The molecule has 8 nitrogen and oxygen atoms in total. The quantitative estimate of drug-likeness (QED) is 0.470. The van der Waals surface area contributed by atoms with Crippen LogP contribution in [0.5, 0.6) is 0 Å². The maximum atomic E-state index is 12.0. The van der Waals surface area contributed by atoms with Crippen LogP contribution in [-0.4, -0.2) is 34.3 Å². The van der Waals surface area contributed by atoms with E-state index >= 15 is 0 Å². The molecule has 1 aromatic carbocycles. The van der Waals surface area contributed by atoms with Gasteiger partial charge < -0.3 is 21.3 Å². The first-order valence-corrected chi connectivity index (χ1v) is 8.96. The summed E-state index contributed by atoms with van der Waals surface area (Å²) in [5.74, 6) is 1.28. The molecule has 4 N–H and O–H groups in total. The van der Waals surface area contributed by atoms with Crippen molar-refractivity contribution in [2.45, 2.75) is 13.8 Å². The second-order valence-corrected chi connectivity index (χ2v) is 6.35. The van der Waals surface area contributed by atoms with Gasteiger partial charge in [-0.3, -0.25) is 4.98 Å². The zero-order valence-electron chi connectivity index (χ0n) is 15.9. The molecule has 144 valence electrons. The van der Waals surface area contributed by atoms with Crippen LogP contribution in [0.2, 0.25) is 0 Å². The van der Waals surface area contributed by atoms with Crippen molar-refractivity contribution in [3.05, 3.63) is 66.0 Å². The van der Waals surface area contributed by atoms with E-state index in [1.165, 1.54) is 0 Å². The fourth-order valence-corrected chi connectivity index (χ4v) is 2.67. The summed E-state index contributed by atoms with van der Waals surface area (Å²) < 4.78 is 0. The number of carbonyl (C=O) groups excluding carboxylic acids is 1. The van der Waals surface area contributed by atoms with Gasteiger partial charge >= 0.3 is 6.03 Å². The number of anilines is 4. The van der Waals surface area contributed by atoms with Crippen LogP contribution in [0.15, 0.2) is 54.9 Å². The van der Waals surface area contributed by atoms with Crippen molar-refractivity contribution in [2.75, 3.05) is 29.0 Å². The molecule has 8 heteroatoms. The molecule has 28 heavy (non-hydrogen) atoms. The van der Waals surface area contributed by atoms with Crippen LogP contribution in [-0.2, 0) is 0 Å². The van der Waals surface area contributed by atoms with Crippen molar-refractivity contribution in [3.8, 4) is 0 Å². The number of hydrogen-bond acceptors (Lipinski definition) is 6. The lowest BCUT2D eigenvalue weighted by Crippen LogP contribution is -2.32. The maximum absolute atomic E-state index is 12.0. The molecule has 2 aromatic heterocycles. The molecule has 0 saturated heterocycles.